The van der Waals surface area contributed by atoms with Crippen LogP contribution in [0.4, 0.5) is 4.39 Å². The summed E-state index contributed by atoms with van der Waals surface area (Å²) in [5, 5.41) is -0.0692. The highest BCUT2D eigenvalue weighted by atomic mass is 35.5. The topological polar surface area (TPSA) is 108 Å². The van der Waals surface area contributed by atoms with Crippen LogP contribution in [0.1, 0.15) is 10.4 Å². The van der Waals surface area contributed by atoms with Crippen LogP contribution in [0, 0.1) is 5.82 Å². The van der Waals surface area contributed by atoms with E-state index in [0.29, 0.717) is 0 Å². The molecule has 8 heteroatoms. The maximum absolute atomic E-state index is 13.5. The molecule has 0 aliphatic rings. The molecule has 0 radical (unpaired) electrons. The van der Waals surface area contributed by atoms with Gasteiger partial charge in [0.15, 0.2) is 6.61 Å². The van der Waals surface area contributed by atoms with E-state index in [-0.39, 0.29) is 22.0 Å². The highest BCUT2D eigenvalue weighted by Gasteiger charge is 2.20. The first-order valence-electron chi connectivity index (χ1n) is 5.71. The van der Waals surface area contributed by atoms with Crippen molar-refractivity contribution >= 4 is 29.2 Å². The van der Waals surface area contributed by atoms with E-state index in [9.17, 15) is 14.0 Å². The van der Waals surface area contributed by atoms with Gasteiger partial charge in [-0.3, -0.25) is 9.79 Å². The van der Waals surface area contributed by atoms with Crippen LogP contribution in [0.15, 0.2) is 35.0 Å². The number of benzene rings is 1. The van der Waals surface area contributed by atoms with Gasteiger partial charge in [0, 0.05) is 13.2 Å². The molecule has 0 saturated carbocycles. The number of rotatable bonds is 5. The van der Waals surface area contributed by atoms with Crippen molar-refractivity contribution in [3.63, 3.8) is 0 Å². The largest absolute Gasteiger partial charge is 0.454 e. The second-order valence-electron chi connectivity index (χ2n) is 3.79. The summed E-state index contributed by atoms with van der Waals surface area (Å²) in [6.45, 7) is -0.701. The van der Waals surface area contributed by atoms with Crippen molar-refractivity contribution in [1.82, 2.24) is 0 Å². The second kappa shape index (κ2) is 7.39. The Balaban J connectivity index is 2.80. The molecule has 0 saturated heterocycles. The molecule has 6 nitrogen and oxygen atoms in total. The molecule has 0 bridgehead atoms. The molecule has 0 unspecified atom stereocenters. The zero-order chi connectivity index (χ0) is 16.0. The molecule has 1 aromatic carbocycles. The first-order chi connectivity index (χ1) is 9.92. The lowest BCUT2D eigenvalue weighted by molar-refractivity contribution is -0.137. The standard InChI is InChI=1S/C13H13ClFN3O3/c1-18-12(17)7(5-16)13(20)21-6-10(19)11-8(14)3-2-4-9(11)15/h2-5H,6,16H2,1H3,(H2,17,18). The van der Waals surface area contributed by atoms with Gasteiger partial charge in [0.25, 0.3) is 0 Å². The third-order valence-corrected chi connectivity index (χ3v) is 2.79. The van der Waals surface area contributed by atoms with E-state index in [0.717, 1.165) is 12.3 Å². The summed E-state index contributed by atoms with van der Waals surface area (Å²) in [4.78, 5) is 27.1. The fraction of sp³-hybridized carbons (Fsp3) is 0.154. The number of esters is 1. The smallest absolute Gasteiger partial charge is 0.343 e. The van der Waals surface area contributed by atoms with Gasteiger partial charge in [-0.15, -0.1) is 0 Å². The molecule has 0 heterocycles. The lowest BCUT2D eigenvalue weighted by atomic mass is 10.1. The monoisotopic (exact) mass is 313 g/mol. The highest BCUT2D eigenvalue weighted by Crippen LogP contribution is 2.19. The Bertz CT molecular complexity index is 609. The molecular formula is C13H13ClFN3O3. The van der Waals surface area contributed by atoms with Crippen LogP contribution in [0.3, 0.4) is 0 Å². The van der Waals surface area contributed by atoms with E-state index in [4.69, 9.17) is 27.8 Å². The molecule has 4 N–H and O–H groups in total. The Kier molecular flexibility index (Phi) is 5.86. The van der Waals surface area contributed by atoms with Gasteiger partial charge >= 0.3 is 5.97 Å². The van der Waals surface area contributed by atoms with E-state index in [1.54, 1.807) is 0 Å². The first-order valence-corrected chi connectivity index (χ1v) is 6.09. The number of ketones is 1. The zero-order valence-corrected chi connectivity index (χ0v) is 11.9. The normalized spacial score (nSPS) is 12.1. The van der Waals surface area contributed by atoms with Crippen LogP contribution in [0.25, 0.3) is 0 Å². The van der Waals surface area contributed by atoms with E-state index in [1.165, 1.54) is 19.2 Å². The number of aliphatic imine (C=N–C) groups is 1. The minimum Gasteiger partial charge on any atom is -0.454 e. The Morgan fingerprint density at radius 3 is 2.67 bits per heavy atom. The minimum absolute atomic E-state index is 0.0692. The van der Waals surface area contributed by atoms with Crippen LogP contribution in [0.2, 0.25) is 5.02 Å². The van der Waals surface area contributed by atoms with E-state index < -0.39 is 24.2 Å². The van der Waals surface area contributed by atoms with Crippen molar-refractivity contribution in [2.24, 2.45) is 16.5 Å². The van der Waals surface area contributed by atoms with E-state index in [1.807, 2.05) is 0 Å². The number of ether oxygens (including phenoxy) is 1. The lowest BCUT2D eigenvalue weighted by Gasteiger charge is -2.08. The summed E-state index contributed by atoms with van der Waals surface area (Å²) >= 11 is 5.73. The Hall–Kier alpha value is -2.41. The Morgan fingerprint density at radius 1 is 1.48 bits per heavy atom. The average Bonchev–Trinajstić information content (AvgIpc) is 2.45. The molecule has 0 aliphatic heterocycles. The molecule has 1 rings (SSSR count). The number of halogens is 2. The van der Waals surface area contributed by atoms with Crippen molar-refractivity contribution in [2.75, 3.05) is 13.7 Å². The quantitative estimate of drug-likeness (QED) is 0.277. The van der Waals surface area contributed by atoms with Gasteiger partial charge in [0.05, 0.1) is 10.6 Å². The third kappa shape index (κ3) is 4.03. The molecular weight excluding hydrogens is 301 g/mol. The van der Waals surface area contributed by atoms with E-state index in [2.05, 4.69) is 4.99 Å². The van der Waals surface area contributed by atoms with Crippen molar-refractivity contribution in [3.05, 3.63) is 46.4 Å². The number of hydrogen-bond donors (Lipinski definition) is 2. The predicted molar refractivity (Wildman–Crippen MR) is 76.5 cm³/mol. The number of amidine groups is 1. The molecule has 21 heavy (non-hydrogen) atoms. The number of Topliss-reactive ketones (excluding diaryl/α,β-unsaturated/α-hetero) is 1. The van der Waals surface area contributed by atoms with Crippen molar-refractivity contribution in [3.8, 4) is 0 Å². The first kappa shape index (κ1) is 16.6. The van der Waals surface area contributed by atoms with Crippen molar-refractivity contribution in [1.29, 1.82) is 0 Å². The molecule has 0 fully saturated rings. The molecule has 0 spiro atoms. The molecule has 0 atom stereocenters. The lowest BCUT2D eigenvalue weighted by Crippen LogP contribution is -2.26. The van der Waals surface area contributed by atoms with Crippen LogP contribution in [-0.4, -0.2) is 31.2 Å². The maximum Gasteiger partial charge on any atom is 0.343 e. The molecule has 112 valence electrons. The second-order valence-corrected chi connectivity index (χ2v) is 4.19. The maximum atomic E-state index is 13.5. The van der Waals surface area contributed by atoms with E-state index >= 15 is 0 Å². The van der Waals surface area contributed by atoms with Crippen LogP contribution >= 0.6 is 11.6 Å². The number of carbonyl (C=O) groups is 2. The van der Waals surface area contributed by atoms with Crippen LogP contribution in [0.5, 0.6) is 0 Å². The average molecular weight is 314 g/mol. The fourth-order valence-corrected chi connectivity index (χ4v) is 1.69. The van der Waals surface area contributed by atoms with Crippen LogP contribution in [-0.2, 0) is 9.53 Å². The zero-order valence-electron chi connectivity index (χ0n) is 11.1. The molecule has 0 aromatic heterocycles. The molecule has 0 aliphatic carbocycles. The SMILES string of the molecule is CN=C(N)C(=CN)C(=O)OCC(=O)c1c(F)cccc1Cl. The summed E-state index contributed by atoms with van der Waals surface area (Å²) in [6, 6.07) is 3.79. The predicted octanol–water partition coefficient (Wildman–Crippen LogP) is 1.03. The summed E-state index contributed by atoms with van der Waals surface area (Å²) in [6.07, 6.45) is 0.908. The number of hydrogen-bond acceptors (Lipinski definition) is 5. The Morgan fingerprint density at radius 2 is 2.14 bits per heavy atom. The van der Waals surface area contributed by atoms with Gasteiger partial charge in [0.2, 0.25) is 5.78 Å². The van der Waals surface area contributed by atoms with Crippen molar-refractivity contribution in [2.45, 2.75) is 0 Å². The van der Waals surface area contributed by atoms with Crippen LogP contribution < -0.4 is 11.5 Å². The molecule has 0 amide bonds. The van der Waals surface area contributed by atoms with Gasteiger partial charge in [0.1, 0.15) is 17.2 Å². The summed E-state index contributed by atoms with van der Waals surface area (Å²) < 4.78 is 18.2. The van der Waals surface area contributed by atoms with Gasteiger partial charge in [-0.05, 0) is 12.1 Å². The van der Waals surface area contributed by atoms with Crippen molar-refractivity contribution < 1.29 is 18.7 Å². The highest BCUT2D eigenvalue weighted by molar-refractivity contribution is 6.34. The Labute approximate surface area is 125 Å². The summed E-state index contributed by atoms with van der Waals surface area (Å²) in [5.74, 6) is -2.66. The van der Waals surface area contributed by atoms with Gasteiger partial charge in [-0.2, -0.15) is 0 Å². The number of nitrogens with zero attached hydrogens (tertiary/aromatic N) is 1. The fourth-order valence-electron chi connectivity index (χ4n) is 1.42. The number of nitrogens with two attached hydrogens (primary N) is 2. The molecule has 1 aromatic rings. The number of carbonyl (C=O) groups excluding carboxylic acids is 2. The van der Waals surface area contributed by atoms with Gasteiger partial charge in [-0.25, -0.2) is 9.18 Å². The van der Waals surface area contributed by atoms with Gasteiger partial charge in [-0.1, -0.05) is 17.7 Å². The third-order valence-electron chi connectivity index (χ3n) is 2.48. The minimum atomic E-state index is -0.943. The summed E-state index contributed by atoms with van der Waals surface area (Å²) in [5.41, 5.74) is 10.1. The summed E-state index contributed by atoms with van der Waals surface area (Å²) in [7, 11) is 1.36. The van der Waals surface area contributed by atoms with Gasteiger partial charge < -0.3 is 16.2 Å².